The van der Waals surface area contributed by atoms with E-state index in [1.54, 1.807) is 4.90 Å². The highest BCUT2D eigenvalue weighted by Crippen LogP contribution is 2.31. The van der Waals surface area contributed by atoms with Crippen LogP contribution in [0.1, 0.15) is 36.8 Å². The third-order valence-corrected chi connectivity index (χ3v) is 6.14. The number of ether oxygens (including phenoxy) is 1. The van der Waals surface area contributed by atoms with Crippen LogP contribution < -0.4 is 15.4 Å². The molecule has 1 aromatic heterocycles. The van der Waals surface area contributed by atoms with Crippen LogP contribution in [-0.4, -0.2) is 35.0 Å². The van der Waals surface area contributed by atoms with Crippen molar-refractivity contribution >= 4 is 34.1 Å². The first kappa shape index (κ1) is 18.7. The van der Waals surface area contributed by atoms with Crippen molar-refractivity contribution in [1.29, 1.82) is 0 Å². The molecule has 2 aliphatic rings. The van der Waals surface area contributed by atoms with Gasteiger partial charge in [0.25, 0.3) is 0 Å². The minimum Gasteiger partial charge on any atom is -0.494 e. The molecule has 28 heavy (non-hydrogen) atoms. The smallest absolute Gasteiger partial charge is 0.322 e. The van der Waals surface area contributed by atoms with Gasteiger partial charge in [-0.15, -0.1) is 0 Å². The molecule has 0 radical (unpaired) electrons. The van der Waals surface area contributed by atoms with Gasteiger partial charge in [0.2, 0.25) is 5.91 Å². The van der Waals surface area contributed by atoms with Gasteiger partial charge in [-0.1, -0.05) is 17.8 Å². The van der Waals surface area contributed by atoms with Crippen LogP contribution in [0.25, 0.3) is 0 Å². The van der Waals surface area contributed by atoms with Crippen molar-refractivity contribution in [2.75, 3.05) is 23.8 Å². The van der Waals surface area contributed by atoms with Crippen LogP contribution in [0.4, 0.5) is 15.6 Å². The van der Waals surface area contributed by atoms with E-state index in [4.69, 9.17) is 4.74 Å². The van der Waals surface area contributed by atoms with E-state index in [0.717, 1.165) is 41.3 Å². The monoisotopic (exact) mass is 400 g/mol. The Kier molecular flexibility index (Phi) is 5.47. The number of urea groups is 1. The Morgan fingerprint density at radius 2 is 2.04 bits per heavy atom. The lowest BCUT2D eigenvalue weighted by Gasteiger charge is -2.26. The molecule has 1 fully saturated rings. The molecule has 0 atom stereocenters. The Bertz CT molecular complexity index is 861. The van der Waals surface area contributed by atoms with Gasteiger partial charge in [-0.3, -0.25) is 4.79 Å². The molecular formula is C20H24N4O3S. The summed E-state index contributed by atoms with van der Waals surface area (Å²) in [6, 6.07) is 7.21. The molecule has 0 spiro atoms. The van der Waals surface area contributed by atoms with Gasteiger partial charge < -0.3 is 20.3 Å². The Labute approximate surface area is 168 Å². The Morgan fingerprint density at radius 3 is 2.71 bits per heavy atom. The minimum absolute atomic E-state index is 0.0717. The number of carbonyl (C=O) groups is 2. The van der Waals surface area contributed by atoms with Gasteiger partial charge in [0, 0.05) is 29.4 Å². The van der Waals surface area contributed by atoms with E-state index < -0.39 is 0 Å². The lowest BCUT2D eigenvalue weighted by molar-refractivity contribution is -0.122. The molecule has 3 amide bonds. The third-order valence-electron chi connectivity index (χ3n) is 5.14. The number of nitrogens with zero attached hydrogens (tertiary/aromatic N) is 2. The van der Waals surface area contributed by atoms with Gasteiger partial charge in [-0.05, 0) is 44.0 Å². The first-order valence-electron chi connectivity index (χ1n) is 9.70. The number of amides is 3. The fourth-order valence-corrected chi connectivity index (χ4v) is 4.33. The van der Waals surface area contributed by atoms with Crippen molar-refractivity contribution in [2.45, 2.75) is 39.2 Å². The van der Waals surface area contributed by atoms with Gasteiger partial charge in [-0.25, -0.2) is 9.78 Å². The Morgan fingerprint density at radius 1 is 1.25 bits per heavy atom. The number of aromatic nitrogens is 1. The molecule has 2 aromatic rings. The summed E-state index contributed by atoms with van der Waals surface area (Å²) in [5, 5.41) is 6.51. The van der Waals surface area contributed by atoms with E-state index in [-0.39, 0.29) is 17.9 Å². The number of rotatable bonds is 5. The van der Waals surface area contributed by atoms with Crippen molar-refractivity contribution in [3.63, 3.8) is 0 Å². The number of hydrogen-bond donors (Lipinski definition) is 2. The van der Waals surface area contributed by atoms with Crippen molar-refractivity contribution in [3.8, 4) is 5.75 Å². The van der Waals surface area contributed by atoms with Gasteiger partial charge in [0.15, 0.2) is 5.13 Å². The first-order chi connectivity index (χ1) is 13.6. The number of thiazole rings is 1. The highest BCUT2D eigenvalue weighted by molar-refractivity contribution is 7.15. The van der Waals surface area contributed by atoms with Crippen LogP contribution in [0.5, 0.6) is 5.75 Å². The lowest BCUT2D eigenvalue weighted by Crippen LogP contribution is -2.38. The van der Waals surface area contributed by atoms with Gasteiger partial charge >= 0.3 is 6.03 Å². The maximum absolute atomic E-state index is 12.6. The fraction of sp³-hybridized carbons (Fsp3) is 0.450. The number of carbonyl (C=O) groups excluding carboxylic acids is 2. The summed E-state index contributed by atoms with van der Waals surface area (Å²) in [5.74, 6) is 0.990. The second kappa shape index (κ2) is 8.18. The molecule has 0 bridgehead atoms. The molecular weight excluding hydrogens is 376 g/mol. The van der Waals surface area contributed by atoms with Crippen LogP contribution in [0.3, 0.4) is 0 Å². The largest absolute Gasteiger partial charge is 0.494 e. The zero-order valence-corrected chi connectivity index (χ0v) is 16.7. The Balaban J connectivity index is 1.35. The van der Waals surface area contributed by atoms with E-state index in [1.165, 1.54) is 11.3 Å². The number of fused-ring (bicyclic) bond motifs is 1. The van der Waals surface area contributed by atoms with E-state index in [2.05, 4.69) is 15.6 Å². The molecule has 0 saturated heterocycles. The van der Waals surface area contributed by atoms with Crippen LogP contribution in [0.2, 0.25) is 0 Å². The molecule has 1 aromatic carbocycles. The number of benzene rings is 1. The molecule has 2 heterocycles. The fourth-order valence-electron chi connectivity index (χ4n) is 3.30. The summed E-state index contributed by atoms with van der Waals surface area (Å²) >= 11 is 1.47. The highest BCUT2D eigenvalue weighted by atomic mass is 32.1. The zero-order chi connectivity index (χ0) is 19.5. The molecule has 148 valence electrons. The molecule has 8 heteroatoms. The van der Waals surface area contributed by atoms with E-state index in [1.807, 2.05) is 31.2 Å². The molecule has 1 saturated carbocycles. The van der Waals surface area contributed by atoms with E-state index in [9.17, 15) is 9.59 Å². The van der Waals surface area contributed by atoms with Crippen LogP contribution in [0, 0.1) is 5.92 Å². The zero-order valence-electron chi connectivity index (χ0n) is 15.9. The van der Waals surface area contributed by atoms with Crippen molar-refractivity contribution in [3.05, 3.63) is 34.8 Å². The molecule has 0 unspecified atom stereocenters. The molecule has 1 aliphatic heterocycles. The van der Waals surface area contributed by atoms with Crippen molar-refractivity contribution < 1.29 is 14.3 Å². The number of nitrogens with one attached hydrogen (secondary N) is 2. The maximum Gasteiger partial charge on any atom is 0.322 e. The second-order valence-corrected chi connectivity index (χ2v) is 8.15. The summed E-state index contributed by atoms with van der Waals surface area (Å²) < 4.78 is 5.42. The standard InChI is InChI=1S/C20H24N4O3S/c1-2-27-15-8-6-14(7-9-15)21-20(26)24-11-10-16-17(12-24)28-19(22-16)23-18(25)13-4-3-5-13/h6-9,13H,2-5,10-12H2,1H3,(H,21,26)(H,22,23,25). The quantitative estimate of drug-likeness (QED) is 0.798. The SMILES string of the molecule is CCOc1ccc(NC(=O)N2CCc3nc(NC(=O)C4CCC4)sc3C2)cc1. The van der Waals surface area contributed by atoms with Gasteiger partial charge in [-0.2, -0.15) is 0 Å². The molecule has 4 rings (SSSR count). The lowest BCUT2D eigenvalue weighted by atomic mass is 9.85. The number of anilines is 2. The summed E-state index contributed by atoms with van der Waals surface area (Å²) in [6.07, 6.45) is 3.76. The predicted molar refractivity (Wildman–Crippen MR) is 109 cm³/mol. The van der Waals surface area contributed by atoms with Crippen molar-refractivity contribution in [2.24, 2.45) is 5.92 Å². The summed E-state index contributed by atoms with van der Waals surface area (Å²) in [6.45, 7) is 3.66. The average Bonchev–Trinajstić information content (AvgIpc) is 3.03. The van der Waals surface area contributed by atoms with E-state index in [0.29, 0.717) is 31.2 Å². The summed E-state index contributed by atoms with van der Waals surface area (Å²) in [5.41, 5.74) is 1.72. The second-order valence-electron chi connectivity index (χ2n) is 7.07. The minimum atomic E-state index is -0.136. The van der Waals surface area contributed by atoms with Crippen LogP contribution in [0.15, 0.2) is 24.3 Å². The normalized spacial score (nSPS) is 16.1. The van der Waals surface area contributed by atoms with E-state index >= 15 is 0 Å². The topological polar surface area (TPSA) is 83.6 Å². The Hall–Kier alpha value is -2.61. The van der Waals surface area contributed by atoms with Gasteiger partial charge in [0.05, 0.1) is 18.8 Å². The highest BCUT2D eigenvalue weighted by Gasteiger charge is 2.28. The molecule has 7 nitrogen and oxygen atoms in total. The summed E-state index contributed by atoms with van der Waals surface area (Å²) in [7, 11) is 0. The predicted octanol–water partition coefficient (Wildman–Crippen LogP) is 3.87. The average molecular weight is 401 g/mol. The van der Waals surface area contributed by atoms with Crippen molar-refractivity contribution in [1.82, 2.24) is 9.88 Å². The maximum atomic E-state index is 12.6. The number of hydrogen-bond acceptors (Lipinski definition) is 5. The molecule has 2 N–H and O–H groups in total. The molecule has 1 aliphatic carbocycles. The first-order valence-corrected chi connectivity index (χ1v) is 10.5. The third kappa shape index (κ3) is 4.11. The van der Waals surface area contributed by atoms with Crippen LogP contribution in [-0.2, 0) is 17.8 Å². The van der Waals surface area contributed by atoms with Crippen LogP contribution >= 0.6 is 11.3 Å². The van der Waals surface area contributed by atoms with Gasteiger partial charge in [0.1, 0.15) is 5.75 Å². The summed E-state index contributed by atoms with van der Waals surface area (Å²) in [4.78, 5) is 32.1.